The number of carbonyl (C=O) groups is 1. The van der Waals surface area contributed by atoms with Gasteiger partial charge in [0.25, 0.3) is 0 Å². The number of carbonyl (C=O) groups excluding carboxylic acids is 1. The normalized spacial score (nSPS) is 17.4. The number of hydrogen-bond donors (Lipinski definition) is 1. The highest BCUT2D eigenvalue weighted by molar-refractivity contribution is 5.89. The van der Waals surface area contributed by atoms with Crippen LogP contribution in [0.1, 0.15) is 0 Å². The zero-order valence-corrected chi connectivity index (χ0v) is 15.9. The van der Waals surface area contributed by atoms with Crippen molar-refractivity contribution in [3.63, 3.8) is 0 Å². The first-order valence-corrected chi connectivity index (χ1v) is 9.51. The standard InChI is InChI=1S/C19H22F2N6O2/c20-14-1-2-16(15(21)11-14)24-19(28)27-5-3-25(4-6-27)17-12-18(23-13-22-17)26-7-9-29-10-8-26/h1-2,11-13H,3-10H2,(H,24,28). The number of nitrogens with one attached hydrogen (secondary N) is 1. The van der Waals surface area contributed by atoms with Gasteiger partial charge in [0, 0.05) is 51.4 Å². The number of morpholine rings is 1. The van der Waals surface area contributed by atoms with E-state index in [1.54, 1.807) is 11.2 Å². The van der Waals surface area contributed by atoms with E-state index in [0.29, 0.717) is 39.4 Å². The molecule has 10 heteroatoms. The number of ether oxygens (including phenoxy) is 1. The third-order valence-corrected chi connectivity index (χ3v) is 5.04. The second kappa shape index (κ2) is 8.56. The van der Waals surface area contributed by atoms with Crippen molar-refractivity contribution in [2.45, 2.75) is 0 Å². The number of amides is 2. The van der Waals surface area contributed by atoms with Gasteiger partial charge in [0.1, 0.15) is 29.6 Å². The zero-order valence-electron chi connectivity index (χ0n) is 15.9. The molecule has 8 nitrogen and oxygen atoms in total. The largest absolute Gasteiger partial charge is 0.378 e. The van der Waals surface area contributed by atoms with Crippen LogP contribution in [0.2, 0.25) is 0 Å². The summed E-state index contributed by atoms with van der Waals surface area (Å²) in [4.78, 5) is 27.0. The lowest BCUT2D eigenvalue weighted by atomic mass is 10.3. The smallest absolute Gasteiger partial charge is 0.322 e. The van der Waals surface area contributed by atoms with E-state index >= 15 is 0 Å². The molecule has 4 rings (SSSR count). The molecule has 0 radical (unpaired) electrons. The highest BCUT2D eigenvalue weighted by Crippen LogP contribution is 2.21. The molecule has 1 aromatic carbocycles. The lowest BCUT2D eigenvalue weighted by Crippen LogP contribution is -2.50. The van der Waals surface area contributed by atoms with Gasteiger partial charge in [0.2, 0.25) is 0 Å². The molecule has 2 fully saturated rings. The van der Waals surface area contributed by atoms with Crippen LogP contribution in [0.25, 0.3) is 0 Å². The van der Waals surface area contributed by atoms with Crippen LogP contribution in [-0.4, -0.2) is 73.4 Å². The van der Waals surface area contributed by atoms with Crippen molar-refractivity contribution in [2.75, 3.05) is 67.6 Å². The average Bonchev–Trinajstić information content (AvgIpc) is 2.76. The molecule has 1 aromatic heterocycles. The Kier molecular flexibility index (Phi) is 5.70. The maximum atomic E-state index is 13.7. The number of urea groups is 1. The van der Waals surface area contributed by atoms with Gasteiger partial charge in [0.15, 0.2) is 0 Å². The van der Waals surface area contributed by atoms with Crippen LogP contribution in [0.4, 0.5) is 30.9 Å². The summed E-state index contributed by atoms with van der Waals surface area (Å²) in [7, 11) is 0. The minimum Gasteiger partial charge on any atom is -0.378 e. The maximum Gasteiger partial charge on any atom is 0.322 e. The Morgan fingerprint density at radius 3 is 2.24 bits per heavy atom. The lowest BCUT2D eigenvalue weighted by Gasteiger charge is -2.36. The van der Waals surface area contributed by atoms with Crippen molar-refractivity contribution in [3.8, 4) is 0 Å². The number of piperazine rings is 1. The first-order valence-electron chi connectivity index (χ1n) is 9.51. The molecule has 2 aromatic rings. The molecule has 0 unspecified atom stereocenters. The van der Waals surface area contributed by atoms with E-state index in [1.807, 2.05) is 6.07 Å². The van der Waals surface area contributed by atoms with Crippen molar-refractivity contribution < 1.29 is 18.3 Å². The van der Waals surface area contributed by atoms with Gasteiger partial charge in [-0.1, -0.05) is 0 Å². The SMILES string of the molecule is O=C(Nc1ccc(F)cc1F)N1CCN(c2cc(N3CCOCC3)ncn2)CC1. The summed E-state index contributed by atoms with van der Waals surface area (Å²) in [5, 5.41) is 2.50. The van der Waals surface area contributed by atoms with Gasteiger partial charge in [-0.2, -0.15) is 0 Å². The van der Waals surface area contributed by atoms with Crippen LogP contribution in [0.15, 0.2) is 30.6 Å². The number of aromatic nitrogens is 2. The Bertz CT molecular complexity index is 870. The monoisotopic (exact) mass is 404 g/mol. The predicted octanol–water partition coefficient (Wildman–Crippen LogP) is 1.95. The molecule has 2 aliphatic rings. The second-order valence-electron chi connectivity index (χ2n) is 6.86. The number of anilines is 3. The Labute approximate surface area is 167 Å². The molecule has 3 heterocycles. The summed E-state index contributed by atoms with van der Waals surface area (Å²) in [6.07, 6.45) is 1.55. The van der Waals surface area contributed by atoms with Gasteiger partial charge >= 0.3 is 6.03 Å². The molecule has 0 aliphatic carbocycles. The fourth-order valence-corrected chi connectivity index (χ4v) is 3.40. The molecule has 2 amide bonds. The van der Waals surface area contributed by atoms with Crippen molar-refractivity contribution in [1.29, 1.82) is 0 Å². The van der Waals surface area contributed by atoms with Crippen LogP contribution in [-0.2, 0) is 4.74 Å². The molecular weight excluding hydrogens is 382 g/mol. The van der Waals surface area contributed by atoms with E-state index in [4.69, 9.17) is 4.74 Å². The lowest BCUT2D eigenvalue weighted by molar-refractivity contribution is 0.122. The van der Waals surface area contributed by atoms with Crippen LogP contribution in [0.3, 0.4) is 0 Å². The summed E-state index contributed by atoms with van der Waals surface area (Å²) < 4.78 is 32.1. The molecule has 0 spiro atoms. The molecule has 154 valence electrons. The van der Waals surface area contributed by atoms with Gasteiger partial charge in [-0.25, -0.2) is 23.5 Å². The third kappa shape index (κ3) is 4.53. The Hall–Kier alpha value is -3.01. The average molecular weight is 404 g/mol. The number of nitrogens with zero attached hydrogens (tertiary/aromatic N) is 5. The minimum absolute atomic E-state index is 0.0372. The number of halogens is 2. The van der Waals surface area contributed by atoms with E-state index in [-0.39, 0.29) is 5.69 Å². The highest BCUT2D eigenvalue weighted by atomic mass is 19.1. The highest BCUT2D eigenvalue weighted by Gasteiger charge is 2.23. The summed E-state index contributed by atoms with van der Waals surface area (Å²) in [6, 6.07) is 4.61. The van der Waals surface area contributed by atoms with Gasteiger partial charge in [-0.3, -0.25) is 0 Å². The molecule has 0 saturated carbocycles. The number of benzene rings is 1. The topological polar surface area (TPSA) is 73.8 Å². The Balaban J connectivity index is 1.35. The van der Waals surface area contributed by atoms with E-state index in [2.05, 4.69) is 25.1 Å². The fraction of sp³-hybridized carbons (Fsp3) is 0.421. The van der Waals surface area contributed by atoms with E-state index in [9.17, 15) is 13.6 Å². The van der Waals surface area contributed by atoms with Crippen molar-refractivity contribution in [2.24, 2.45) is 0 Å². The molecule has 2 aliphatic heterocycles. The molecule has 29 heavy (non-hydrogen) atoms. The predicted molar refractivity (Wildman–Crippen MR) is 104 cm³/mol. The fourth-order valence-electron chi connectivity index (χ4n) is 3.40. The van der Waals surface area contributed by atoms with Gasteiger partial charge in [-0.15, -0.1) is 0 Å². The first-order chi connectivity index (χ1) is 14.1. The molecular formula is C19H22F2N6O2. The van der Waals surface area contributed by atoms with Crippen molar-refractivity contribution >= 4 is 23.4 Å². The van der Waals surface area contributed by atoms with Crippen molar-refractivity contribution in [3.05, 3.63) is 42.2 Å². The van der Waals surface area contributed by atoms with Gasteiger partial charge in [-0.05, 0) is 12.1 Å². The summed E-state index contributed by atoms with van der Waals surface area (Å²) in [6.45, 7) is 5.08. The minimum atomic E-state index is -0.798. The quantitative estimate of drug-likeness (QED) is 0.843. The Morgan fingerprint density at radius 1 is 0.931 bits per heavy atom. The molecule has 0 bridgehead atoms. The van der Waals surface area contributed by atoms with Crippen LogP contribution >= 0.6 is 0 Å². The molecule has 0 atom stereocenters. The molecule has 2 saturated heterocycles. The third-order valence-electron chi connectivity index (χ3n) is 5.04. The number of hydrogen-bond acceptors (Lipinski definition) is 6. The zero-order chi connectivity index (χ0) is 20.2. The summed E-state index contributed by atoms with van der Waals surface area (Å²) in [5.41, 5.74) is -0.0372. The van der Waals surface area contributed by atoms with Gasteiger partial charge < -0.3 is 24.8 Å². The van der Waals surface area contributed by atoms with Crippen molar-refractivity contribution in [1.82, 2.24) is 14.9 Å². The maximum absolute atomic E-state index is 13.7. The van der Waals surface area contributed by atoms with Gasteiger partial charge in [0.05, 0.1) is 18.9 Å². The van der Waals surface area contributed by atoms with E-state index in [0.717, 1.165) is 36.9 Å². The first kappa shape index (κ1) is 19.3. The second-order valence-corrected chi connectivity index (χ2v) is 6.86. The summed E-state index contributed by atoms with van der Waals surface area (Å²) in [5.74, 6) is 0.195. The van der Waals surface area contributed by atoms with Crippen LogP contribution < -0.4 is 15.1 Å². The number of rotatable bonds is 3. The van der Waals surface area contributed by atoms with E-state index < -0.39 is 17.7 Å². The van der Waals surface area contributed by atoms with E-state index in [1.165, 1.54) is 6.07 Å². The Morgan fingerprint density at radius 2 is 1.59 bits per heavy atom. The molecule has 1 N–H and O–H groups in total. The van der Waals surface area contributed by atoms with Crippen LogP contribution in [0, 0.1) is 11.6 Å². The summed E-state index contributed by atoms with van der Waals surface area (Å²) >= 11 is 0. The van der Waals surface area contributed by atoms with Crippen LogP contribution in [0.5, 0.6) is 0 Å².